The number of methoxy groups -OCH3 is 1. The van der Waals surface area contributed by atoms with E-state index in [2.05, 4.69) is 12.2 Å². The van der Waals surface area contributed by atoms with Gasteiger partial charge in [-0.1, -0.05) is 19.1 Å². The quantitative estimate of drug-likeness (QED) is 0.805. The van der Waals surface area contributed by atoms with Gasteiger partial charge in [-0.25, -0.2) is 0 Å². The van der Waals surface area contributed by atoms with Gasteiger partial charge in [-0.2, -0.15) is 0 Å². The van der Waals surface area contributed by atoms with Crippen LogP contribution in [0.4, 0.5) is 0 Å². The van der Waals surface area contributed by atoms with Crippen LogP contribution in [0.1, 0.15) is 52.0 Å². The van der Waals surface area contributed by atoms with Crippen LogP contribution in [0.15, 0.2) is 24.3 Å². The van der Waals surface area contributed by atoms with Crippen LogP contribution in [0.2, 0.25) is 0 Å². The average molecular weight is 346 g/mol. The molecule has 5 nitrogen and oxygen atoms in total. The van der Waals surface area contributed by atoms with Crippen LogP contribution in [0.5, 0.6) is 5.75 Å². The Hall–Kier alpha value is -2.04. The second kappa shape index (κ2) is 8.37. The van der Waals surface area contributed by atoms with Gasteiger partial charge in [-0.3, -0.25) is 9.59 Å². The number of carbonyl (C=O) groups is 2. The van der Waals surface area contributed by atoms with E-state index in [-0.39, 0.29) is 17.9 Å². The normalized spacial score (nSPS) is 17.9. The summed E-state index contributed by atoms with van der Waals surface area (Å²) in [5, 5.41) is 2.90. The zero-order valence-electron chi connectivity index (χ0n) is 15.8. The molecular formula is C20H30N2O3. The van der Waals surface area contributed by atoms with E-state index in [1.807, 2.05) is 29.2 Å². The lowest BCUT2D eigenvalue weighted by atomic mass is 9.87. The van der Waals surface area contributed by atoms with Crippen LogP contribution in [0.3, 0.4) is 0 Å². The molecule has 0 aromatic heterocycles. The highest BCUT2D eigenvalue weighted by Gasteiger charge is 2.41. The van der Waals surface area contributed by atoms with Crippen molar-refractivity contribution in [2.45, 2.75) is 59.0 Å². The standard InChI is InChI=1S/C20H30N2O3/c1-5-16-8-6-7-13-22(16)19(24)20(2,3)18(23)21-14-15-9-11-17(25-4)12-10-15/h9-12,16H,5-8,13-14H2,1-4H3,(H,21,23). The van der Waals surface area contributed by atoms with Crippen LogP contribution in [0, 0.1) is 5.41 Å². The summed E-state index contributed by atoms with van der Waals surface area (Å²) in [5.41, 5.74) is -0.0844. The van der Waals surface area contributed by atoms with Crippen molar-refractivity contribution in [1.82, 2.24) is 10.2 Å². The minimum atomic E-state index is -1.06. The van der Waals surface area contributed by atoms with Crippen molar-refractivity contribution in [3.05, 3.63) is 29.8 Å². The van der Waals surface area contributed by atoms with E-state index in [1.54, 1.807) is 21.0 Å². The van der Waals surface area contributed by atoms with E-state index >= 15 is 0 Å². The van der Waals surface area contributed by atoms with Crippen LogP contribution < -0.4 is 10.1 Å². The van der Waals surface area contributed by atoms with E-state index < -0.39 is 5.41 Å². The van der Waals surface area contributed by atoms with Gasteiger partial charge in [0, 0.05) is 19.1 Å². The van der Waals surface area contributed by atoms with Crippen LogP contribution in [-0.4, -0.2) is 36.4 Å². The van der Waals surface area contributed by atoms with Crippen molar-refractivity contribution in [2.75, 3.05) is 13.7 Å². The number of piperidine rings is 1. The van der Waals surface area contributed by atoms with E-state index in [1.165, 1.54) is 0 Å². The summed E-state index contributed by atoms with van der Waals surface area (Å²) in [6.45, 7) is 6.70. The number of nitrogens with one attached hydrogen (secondary N) is 1. The number of likely N-dealkylation sites (tertiary alicyclic amines) is 1. The topological polar surface area (TPSA) is 58.6 Å². The molecular weight excluding hydrogens is 316 g/mol. The van der Waals surface area contributed by atoms with Crippen LogP contribution in [0.25, 0.3) is 0 Å². The maximum Gasteiger partial charge on any atom is 0.237 e. The first-order valence-electron chi connectivity index (χ1n) is 9.12. The molecule has 1 aliphatic rings. The first-order chi connectivity index (χ1) is 11.9. The lowest BCUT2D eigenvalue weighted by molar-refractivity contribution is -0.151. The van der Waals surface area contributed by atoms with Crippen molar-refractivity contribution in [1.29, 1.82) is 0 Å². The average Bonchev–Trinajstić information content (AvgIpc) is 2.65. The molecule has 2 rings (SSSR count). The number of rotatable bonds is 6. The van der Waals surface area contributed by atoms with Crippen LogP contribution >= 0.6 is 0 Å². The Balaban J connectivity index is 1.99. The first kappa shape index (κ1) is 19.3. The summed E-state index contributed by atoms with van der Waals surface area (Å²) >= 11 is 0. The Morgan fingerprint density at radius 2 is 1.92 bits per heavy atom. The third kappa shape index (κ3) is 4.53. The Morgan fingerprint density at radius 1 is 1.24 bits per heavy atom. The Bertz CT molecular complexity index is 595. The molecule has 0 radical (unpaired) electrons. The van der Waals surface area contributed by atoms with E-state index in [0.29, 0.717) is 6.54 Å². The SMILES string of the molecule is CCC1CCCCN1C(=O)C(C)(C)C(=O)NCc1ccc(OC)cc1. The van der Waals surface area contributed by atoms with Gasteiger partial charge >= 0.3 is 0 Å². The van der Waals surface area contributed by atoms with Gasteiger partial charge in [0.2, 0.25) is 11.8 Å². The Labute approximate surface area is 150 Å². The fourth-order valence-electron chi connectivity index (χ4n) is 3.30. The van der Waals surface area contributed by atoms with Crippen molar-refractivity contribution >= 4 is 11.8 Å². The Kier molecular flexibility index (Phi) is 6.45. The van der Waals surface area contributed by atoms with Gasteiger partial charge in [-0.15, -0.1) is 0 Å². The molecule has 0 aliphatic carbocycles. The Morgan fingerprint density at radius 3 is 2.52 bits per heavy atom. The van der Waals surface area contributed by atoms with Gasteiger partial charge in [0.25, 0.3) is 0 Å². The predicted molar refractivity (Wildman–Crippen MR) is 98.3 cm³/mol. The maximum absolute atomic E-state index is 13.0. The number of hydrogen-bond donors (Lipinski definition) is 1. The number of carbonyl (C=O) groups excluding carboxylic acids is 2. The molecule has 1 atom stereocenters. The number of hydrogen-bond acceptors (Lipinski definition) is 3. The molecule has 1 aromatic rings. The molecule has 1 fully saturated rings. The van der Waals surface area contributed by atoms with Gasteiger partial charge in [0.05, 0.1) is 7.11 Å². The van der Waals surface area contributed by atoms with Gasteiger partial charge in [0.1, 0.15) is 11.2 Å². The molecule has 1 aromatic carbocycles. The molecule has 5 heteroatoms. The largest absolute Gasteiger partial charge is 0.497 e. The molecule has 0 spiro atoms. The summed E-state index contributed by atoms with van der Waals surface area (Å²) in [4.78, 5) is 27.5. The van der Waals surface area contributed by atoms with Crippen LogP contribution in [-0.2, 0) is 16.1 Å². The fourth-order valence-corrected chi connectivity index (χ4v) is 3.30. The highest BCUT2D eigenvalue weighted by atomic mass is 16.5. The van der Waals surface area contributed by atoms with E-state index in [0.717, 1.165) is 43.5 Å². The zero-order valence-corrected chi connectivity index (χ0v) is 15.8. The molecule has 1 unspecified atom stereocenters. The second-order valence-electron chi connectivity index (χ2n) is 7.21. The molecule has 25 heavy (non-hydrogen) atoms. The number of benzene rings is 1. The molecule has 1 aliphatic heterocycles. The minimum Gasteiger partial charge on any atom is -0.497 e. The zero-order chi connectivity index (χ0) is 18.4. The fraction of sp³-hybridized carbons (Fsp3) is 0.600. The molecule has 1 heterocycles. The molecule has 0 saturated carbocycles. The highest BCUT2D eigenvalue weighted by molar-refractivity contribution is 6.04. The summed E-state index contributed by atoms with van der Waals surface area (Å²) in [6.07, 6.45) is 4.15. The lowest BCUT2D eigenvalue weighted by Gasteiger charge is -2.39. The third-order valence-electron chi connectivity index (χ3n) is 5.07. The van der Waals surface area contributed by atoms with E-state index in [9.17, 15) is 9.59 Å². The van der Waals surface area contributed by atoms with Crippen molar-refractivity contribution in [3.8, 4) is 5.75 Å². The number of ether oxygens (including phenoxy) is 1. The highest BCUT2D eigenvalue weighted by Crippen LogP contribution is 2.27. The third-order valence-corrected chi connectivity index (χ3v) is 5.07. The van der Waals surface area contributed by atoms with Crippen molar-refractivity contribution < 1.29 is 14.3 Å². The van der Waals surface area contributed by atoms with Gasteiger partial charge < -0.3 is 15.0 Å². The maximum atomic E-state index is 13.0. The second-order valence-corrected chi connectivity index (χ2v) is 7.21. The molecule has 138 valence electrons. The summed E-state index contributed by atoms with van der Waals surface area (Å²) in [6, 6.07) is 7.79. The summed E-state index contributed by atoms with van der Waals surface area (Å²) < 4.78 is 5.13. The van der Waals surface area contributed by atoms with Gasteiger partial charge in [0.15, 0.2) is 0 Å². The molecule has 2 amide bonds. The summed E-state index contributed by atoms with van der Waals surface area (Å²) in [7, 11) is 1.62. The van der Waals surface area contributed by atoms with Crippen molar-refractivity contribution in [2.24, 2.45) is 5.41 Å². The molecule has 1 saturated heterocycles. The van der Waals surface area contributed by atoms with Crippen molar-refractivity contribution in [3.63, 3.8) is 0 Å². The molecule has 0 bridgehead atoms. The number of nitrogens with zero attached hydrogens (tertiary/aromatic N) is 1. The number of amides is 2. The van der Waals surface area contributed by atoms with E-state index in [4.69, 9.17) is 4.74 Å². The lowest BCUT2D eigenvalue weighted by Crippen LogP contribution is -2.53. The summed E-state index contributed by atoms with van der Waals surface area (Å²) in [5.74, 6) is 0.487. The molecule has 1 N–H and O–H groups in total. The first-order valence-corrected chi connectivity index (χ1v) is 9.12. The predicted octanol–water partition coefficient (Wildman–Crippen LogP) is 3.13. The van der Waals surface area contributed by atoms with Gasteiger partial charge in [-0.05, 0) is 57.2 Å². The smallest absolute Gasteiger partial charge is 0.237 e. The monoisotopic (exact) mass is 346 g/mol. The minimum absolute atomic E-state index is 0.0636.